The van der Waals surface area contributed by atoms with Crippen molar-refractivity contribution in [2.45, 2.75) is 30.4 Å². The molecule has 0 radical (unpaired) electrons. The Kier molecular flexibility index (Phi) is 4.46. The van der Waals surface area contributed by atoms with Crippen molar-refractivity contribution >= 4 is 21.6 Å². The van der Waals surface area contributed by atoms with Gasteiger partial charge in [0.05, 0.1) is 22.8 Å². The van der Waals surface area contributed by atoms with Crippen LogP contribution in [-0.4, -0.2) is 16.1 Å². The van der Waals surface area contributed by atoms with Gasteiger partial charge in [0, 0.05) is 10.3 Å². The first-order chi connectivity index (χ1) is 11.4. The predicted molar refractivity (Wildman–Crippen MR) is 102 cm³/mol. The smallest absolute Gasteiger partial charge is 0.127 e. The highest BCUT2D eigenvalue weighted by Gasteiger charge is 2.26. The molecule has 0 aromatic heterocycles. The average Bonchev–Trinajstić information content (AvgIpc) is 2.59. The van der Waals surface area contributed by atoms with Gasteiger partial charge >= 0.3 is 0 Å². The maximum atomic E-state index is 13.1. The molecule has 24 heavy (non-hydrogen) atoms. The summed E-state index contributed by atoms with van der Waals surface area (Å²) in [7, 11) is 0.513. The molecule has 0 fully saturated rings. The molecule has 3 rings (SSSR count). The molecule has 3 aromatic carbocycles. The van der Waals surface area contributed by atoms with E-state index in [9.17, 15) is 4.21 Å². The van der Waals surface area contributed by atoms with Gasteiger partial charge < -0.3 is 4.74 Å². The van der Waals surface area contributed by atoms with E-state index in [1.165, 1.54) is 0 Å². The number of rotatable bonds is 3. The Hall–Kier alpha value is -2.13. The van der Waals surface area contributed by atoms with Gasteiger partial charge in [0.2, 0.25) is 0 Å². The number of fused-ring (bicyclic) bond motifs is 1. The minimum absolute atomic E-state index is 0.342. The summed E-state index contributed by atoms with van der Waals surface area (Å²) in [6.45, 7) is 5.99. The molecule has 124 valence electrons. The van der Waals surface area contributed by atoms with Crippen LogP contribution in [0.25, 0.3) is 21.9 Å². The zero-order chi connectivity index (χ0) is 17.3. The van der Waals surface area contributed by atoms with Crippen molar-refractivity contribution in [1.82, 2.24) is 0 Å². The minimum Gasteiger partial charge on any atom is -0.496 e. The fourth-order valence-corrected chi connectivity index (χ4v) is 4.13. The molecule has 0 saturated heterocycles. The molecule has 0 bridgehead atoms. The third-order valence-electron chi connectivity index (χ3n) is 4.02. The molecule has 0 heterocycles. The van der Waals surface area contributed by atoms with E-state index >= 15 is 0 Å². The SMILES string of the molecule is COc1cccc(S(=O)C(C)(C)C)c1-c1cccc2ccccc12. The molecule has 1 unspecified atom stereocenters. The zero-order valence-corrected chi connectivity index (χ0v) is 15.3. The monoisotopic (exact) mass is 338 g/mol. The van der Waals surface area contributed by atoms with Gasteiger partial charge in [-0.15, -0.1) is 0 Å². The Morgan fingerprint density at radius 2 is 1.54 bits per heavy atom. The Morgan fingerprint density at radius 1 is 0.875 bits per heavy atom. The van der Waals surface area contributed by atoms with E-state index in [1.807, 2.05) is 57.2 Å². The van der Waals surface area contributed by atoms with Gasteiger partial charge in [-0.1, -0.05) is 48.5 Å². The highest BCUT2D eigenvalue weighted by atomic mass is 32.2. The highest BCUT2D eigenvalue weighted by molar-refractivity contribution is 7.86. The van der Waals surface area contributed by atoms with Crippen LogP contribution in [0.5, 0.6) is 5.75 Å². The Balaban J connectivity index is 2.36. The van der Waals surface area contributed by atoms with Crippen molar-refractivity contribution in [3.63, 3.8) is 0 Å². The largest absolute Gasteiger partial charge is 0.496 e. The van der Waals surface area contributed by atoms with E-state index in [0.717, 1.165) is 32.5 Å². The number of methoxy groups -OCH3 is 1. The van der Waals surface area contributed by atoms with Crippen LogP contribution in [-0.2, 0) is 10.8 Å². The van der Waals surface area contributed by atoms with Gasteiger partial charge in [-0.25, -0.2) is 0 Å². The fourth-order valence-electron chi connectivity index (χ4n) is 2.87. The van der Waals surface area contributed by atoms with Crippen LogP contribution in [0.1, 0.15) is 20.8 Å². The molecule has 1 atom stereocenters. The normalized spacial score (nSPS) is 13.0. The first-order valence-corrected chi connectivity index (χ1v) is 9.15. The van der Waals surface area contributed by atoms with E-state index in [2.05, 4.69) is 24.3 Å². The summed E-state index contributed by atoms with van der Waals surface area (Å²) >= 11 is 0. The Morgan fingerprint density at radius 3 is 2.25 bits per heavy atom. The summed E-state index contributed by atoms with van der Waals surface area (Å²) in [5.41, 5.74) is 1.98. The van der Waals surface area contributed by atoms with Gasteiger partial charge in [-0.05, 0) is 49.2 Å². The lowest BCUT2D eigenvalue weighted by Crippen LogP contribution is -2.22. The molecule has 3 heteroatoms. The molecule has 0 amide bonds. The number of hydrogen-bond acceptors (Lipinski definition) is 2. The summed E-state index contributed by atoms with van der Waals surface area (Å²) in [4.78, 5) is 0.818. The van der Waals surface area contributed by atoms with E-state index in [1.54, 1.807) is 7.11 Å². The number of hydrogen-bond donors (Lipinski definition) is 0. The summed E-state index contributed by atoms with van der Waals surface area (Å²) < 4.78 is 18.4. The quantitative estimate of drug-likeness (QED) is 0.637. The Labute approximate surface area is 145 Å². The van der Waals surface area contributed by atoms with Crippen molar-refractivity contribution in [2.75, 3.05) is 7.11 Å². The first kappa shape index (κ1) is 16.7. The fraction of sp³-hybridized carbons (Fsp3) is 0.238. The van der Waals surface area contributed by atoms with E-state index in [4.69, 9.17) is 4.74 Å². The summed E-state index contributed by atoms with van der Waals surface area (Å²) in [5.74, 6) is 0.751. The third-order valence-corrected chi connectivity index (χ3v) is 5.87. The molecule has 0 N–H and O–H groups in total. The third kappa shape index (κ3) is 2.96. The van der Waals surface area contributed by atoms with Crippen molar-refractivity contribution in [1.29, 1.82) is 0 Å². The molecule has 2 nitrogen and oxygen atoms in total. The van der Waals surface area contributed by atoms with E-state index < -0.39 is 10.8 Å². The van der Waals surface area contributed by atoms with Crippen LogP contribution in [0.15, 0.2) is 65.6 Å². The van der Waals surface area contributed by atoms with Gasteiger partial charge in [0.15, 0.2) is 0 Å². The van der Waals surface area contributed by atoms with Crippen LogP contribution in [0, 0.1) is 0 Å². The molecular formula is C21H22O2S. The molecule has 0 saturated carbocycles. The van der Waals surface area contributed by atoms with Crippen LogP contribution in [0.4, 0.5) is 0 Å². The zero-order valence-electron chi connectivity index (χ0n) is 14.5. The van der Waals surface area contributed by atoms with Crippen molar-refractivity contribution in [2.24, 2.45) is 0 Å². The topological polar surface area (TPSA) is 26.3 Å². The van der Waals surface area contributed by atoms with Gasteiger partial charge in [-0.3, -0.25) is 4.21 Å². The van der Waals surface area contributed by atoms with Crippen LogP contribution in [0.3, 0.4) is 0 Å². The number of benzene rings is 3. The van der Waals surface area contributed by atoms with Gasteiger partial charge in [-0.2, -0.15) is 0 Å². The first-order valence-electron chi connectivity index (χ1n) is 8.00. The summed E-state index contributed by atoms with van der Waals surface area (Å²) in [6.07, 6.45) is 0. The molecule has 0 aliphatic heterocycles. The molecule has 0 aliphatic rings. The second-order valence-electron chi connectivity index (χ2n) is 6.74. The van der Waals surface area contributed by atoms with Crippen LogP contribution < -0.4 is 4.74 Å². The van der Waals surface area contributed by atoms with Crippen molar-refractivity contribution in [3.8, 4) is 16.9 Å². The van der Waals surface area contributed by atoms with E-state index in [-0.39, 0.29) is 4.75 Å². The van der Waals surface area contributed by atoms with Gasteiger partial charge in [0.1, 0.15) is 5.75 Å². The van der Waals surface area contributed by atoms with Crippen molar-refractivity contribution in [3.05, 3.63) is 60.7 Å². The maximum absolute atomic E-state index is 13.1. The second-order valence-corrected chi connectivity index (χ2v) is 8.94. The second kappa shape index (κ2) is 6.40. The van der Waals surface area contributed by atoms with E-state index in [0.29, 0.717) is 0 Å². The summed E-state index contributed by atoms with van der Waals surface area (Å²) in [5, 5.41) is 2.30. The lowest BCUT2D eigenvalue weighted by atomic mass is 9.97. The van der Waals surface area contributed by atoms with Crippen LogP contribution in [0.2, 0.25) is 0 Å². The Bertz CT molecular complexity index is 902. The van der Waals surface area contributed by atoms with Crippen LogP contribution >= 0.6 is 0 Å². The number of ether oxygens (including phenoxy) is 1. The predicted octanol–water partition coefficient (Wildman–Crippen LogP) is 5.42. The molecular weight excluding hydrogens is 316 g/mol. The minimum atomic E-state index is -1.15. The molecule has 0 spiro atoms. The maximum Gasteiger partial charge on any atom is 0.127 e. The lowest BCUT2D eigenvalue weighted by molar-refractivity contribution is 0.415. The lowest BCUT2D eigenvalue weighted by Gasteiger charge is -2.22. The van der Waals surface area contributed by atoms with Gasteiger partial charge in [0.25, 0.3) is 0 Å². The standard InChI is InChI=1S/C21H22O2S/c1-21(2,3)24(22)19-14-8-13-18(23-4)20(19)17-12-7-10-15-9-5-6-11-16(15)17/h5-14H,1-4H3. The summed E-state index contributed by atoms with van der Waals surface area (Å²) in [6, 6.07) is 20.2. The van der Waals surface area contributed by atoms with Crippen molar-refractivity contribution < 1.29 is 8.95 Å². The highest BCUT2D eigenvalue weighted by Crippen LogP contribution is 2.40. The molecule has 0 aliphatic carbocycles. The molecule has 3 aromatic rings. The average molecular weight is 338 g/mol.